The van der Waals surface area contributed by atoms with E-state index < -0.39 is 0 Å². The van der Waals surface area contributed by atoms with Crippen LogP contribution in [0.1, 0.15) is 25.0 Å². The lowest BCUT2D eigenvalue weighted by molar-refractivity contribution is 0.660. The van der Waals surface area contributed by atoms with Gasteiger partial charge in [-0.2, -0.15) is 0 Å². The number of hydrogen-bond donors (Lipinski definition) is 0. The van der Waals surface area contributed by atoms with Gasteiger partial charge in [-0.05, 0) is 222 Å². The molecule has 20 rings (SSSR count). The van der Waals surface area contributed by atoms with E-state index in [1.165, 1.54) is 197 Å². The largest absolute Gasteiger partial charge is 0.0622 e. The second-order valence-electron chi connectivity index (χ2n) is 27.6. The van der Waals surface area contributed by atoms with E-state index in [1.807, 2.05) is 0 Å². The molecule has 0 aromatic heterocycles. The van der Waals surface area contributed by atoms with Crippen molar-refractivity contribution in [2.24, 2.45) is 0 Å². The summed E-state index contributed by atoms with van der Waals surface area (Å²) in [6, 6.07) is 139. The topological polar surface area (TPSA) is 0 Å². The fraction of sp³-hybridized carbons (Fsp3) is 0.0297. The van der Waals surface area contributed by atoms with Crippen LogP contribution in [-0.2, 0) is 5.41 Å². The van der Waals surface area contributed by atoms with E-state index in [0.29, 0.717) is 0 Å². The first-order valence-corrected chi connectivity index (χ1v) is 35.3. The van der Waals surface area contributed by atoms with E-state index in [-0.39, 0.29) is 5.41 Å². The molecule has 0 amide bonds. The van der Waals surface area contributed by atoms with Crippen LogP contribution in [0, 0.1) is 0 Å². The van der Waals surface area contributed by atoms with Crippen molar-refractivity contribution in [1.29, 1.82) is 0 Å². The number of hydrogen-bond acceptors (Lipinski definition) is 0. The van der Waals surface area contributed by atoms with Crippen molar-refractivity contribution >= 4 is 86.2 Å². The van der Waals surface area contributed by atoms with Crippen LogP contribution in [0.4, 0.5) is 0 Å². The van der Waals surface area contributed by atoms with Gasteiger partial charge in [0.25, 0.3) is 0 Å². The zero-order valence-corrected chi connectivity index (χ0v) is 56.3. The highest BCUT2D eigenvalue weighted by Crippen LogP contribution is 2.53. The minimum atomic E-state index is -0.00773. The summed E-state index contributed by atoms with van der Waals surface area (Å²) in [6.45, 7) is 4.70. The Kier molecular flexibility index (Phi) is 14.4. The second-order valence-corrected chi connectivity index (χ2v) is 27.6. The summed E-state index contributed by atoms with van der Waals surface area (Å²) >= 11 is 0. The average molecular weight is 1280 g/mol. The van der Waals surface area contributed by atoms with Crippen molar-refractivity contribution in [3.05, 3.63) is 387 Å². The number of benzene rings is 19. The lowest BCUT2D eigenvalue weighted by Crippen LogP contribution is -2.14. The maximum absolute atomic E-state index is 2.47. The Balaban J connectivity index is 0.000000142. The van der Waals surface area contributed by atoms with Crippen molar-refractivity contribution in [3.8, 4) is 100 Å². The molecule has 0 fully saturated rings. The molecule has 0 aliphatic heterocycles. The van der Waals surface area contributed by atoms with Crippen molar-refractivity contribution in [1.82, 2.24) is 0 Å². The Labute approximate surface area is 589 Å². The highest BCUT2D eigenvalue weighted by atomic mass is 14.4. The quantitative estimate of drug-likeness (QED) is 0.105. The van der Waals surface area contributed by atoms with Gasteiger partial charge in [-0.1, -0.05) is 366 Å². The normalized spacial score (nSPS) is 12.3. The van der Waals surface area contributed by atoms with Gasteiger partial charge < -0.3 is 0 Å². The molecule has 0 unspecified atom stereocenters. The van der Waals surface area contributed by atoms with Crippen LogP contribution in [0.3, 0.4) is 0 Å². The third-order valence-corrected chi connectivity index (χ3v) is 21.7. The van der Waals surface area contributed by atoms with E-state index in [2.05, 4.69) is 390 Å². The van der Waals surface area contributed by atoms with Gasteiger partial charge in [0.2, 0.25) is 0 Å². The summed E-state index contributed by atoms with van der Waals surface area (Å²) in [7, 11) is 0. The Morgan fingerprint density at radius 3 is 0.911 bits per heavy atom. The van der Waals surface area contributed by atoms with Crippen LogP contribution >= 0.6 is 0 Å². The summed E-state index contributed by atoms with van der Waals surface area (Å²) in [4.78, 5) is 0. The maximum Gasteiger partial charge on any atom is 0.0159 e. The Morgan fingerprint density at radius 1 is 0.149 bits per heavy atom. The zero-order valence-electron chi connectivity index (χ0n) is 56.3. The summed E-state index contributed by atoms with van der Waals surface area (Å²) in [5.41, 5.74) is 25.6. The molecule has 19 aromatic rings. The molecule has 0 atom stereocenters. The van der Waals surface area contributed by atoms with Gasteiger partial charge in [-0.15, -0.1) is 0 Å². The van der Waals surface area contributed by atoms with Crippen LogP contribution in [0.5, 0.6) is 0 Å². The molecule has 0 bridgehead atoms. The van der Waals surface area contributed by atoms with Crippen LogP contribution in [0.15, 0.2) is 376 Å². The van der Waals surface area contributed by atoms with Gasteiger partial charge in [-0.25, -0.2) is 0 Å². The van der Waals surface area contributed by atoms with Crippen molar-refractivity contribution in [2.45, 2.75) is 19.3 Å². The highest BCUT2D eigenvalue weighted by molar-refractivity contribution is 6.28. The summed E-state index contributed by atoms with van der Waals surface area (Å²) in [6.07, 6.45) is 0. The summed E-state index contributed by atoms with van der Waals surface area (Å²) in [5, 5.41) is 20.3. The van der Waals surface area contributed by atoms with Crippen molar-refractivity contribution in [3.63, 3.8) is 0 Å². The monoisotopic (exact) mass is 1280 g/mol. The highest BCUT2D eigenvalue weighted by Gasteiger charge is 2.35. The van der Waals surface area contributed by atoms with Gasteiger partial charge in [-0.3, -0.25) is 0 Å². The third kappa shape index (κ3) is 9.89. The van der Waals surface area contributed by atoms with Crippen molar-refractivity contribution in [2.75, 3.05) is 0 Å². The molecule has 0 spiro atoms. The molecule has 0 N–H and O–H groups in total. The number of rotatable bonds is 8. The smallest absolute Gasteiger partial charge is 0.0159 e. The molecule has 0 saturated heterocycles. The minimum Gasteiger partial charge on any atom is -0.0622 e. The predicted molar refractivity (Wildman–Crippen MR) is 434 cm³/mol. The molecule has 0 saturated carbocycles. The van der Waals surface area contributed by atoms with E-state index >= 15 is 0 Å². The molecule has 0 radical (unpaired) electrons. The Morgan fingerprint density at radius 2 is 0.446 bits per heavy atom. The first kappa shape index (κ1) is 59.5. The molecule has 19 aromatic carbocycles. The van der Waals surface area contributed by atoms with Gasteiger partial charge in [0.05, 0.1) is 0 Å². The Hall–Kier alpha value is -12.7. The third-order valence-electron chi connectivity index (χ3n) is 21.7. The summed E-state index contributed by atoms with van der Waals surface area (Å²) < 4.78 is 0. The molecule has 1 aliphatic carbocycles. The van der Waals surface area contributed by atoms with Crippen molar-refractivity contribution < 1.29 is 0 Å². The molecule has 0 heterocycles. The van der Waals surface area contributed by atoms with E-state index in [4.69, 9.17) is 0 Å². The first-order chi connectivity index (χ1) is 49.9. The van der Waals surface area contributed by atoms with Crippen LogP contribution in [-0.4, -0.2) is 0 Å². The molecule has 0 heteroatoms. The van der Waals surface area contributed by atoms with E-state index in [9.17, 15) is 0 Å². The van der Waals surface area contributed by atoms with Crippen LogP contribution < -0.4 is 0 Å². The fourth-order valence-electron chi connectivity index (χ4n) is 17.1. The van der Waals surface area contributed by atoms with Crippen LogP contribution in [0.25, 0.3) is 186 Å². The molecular formula is C101H68. The number of fused-ring (bicyclic) bond motifs is 12. The summed E-state index contributed by atoms with van der Waals surface area (Å²) in [5.74, 6) is 0. The SMILES string of the molecule is CC1(C)c2ccccc2-c2ccc(-c3ccc(-c4ccc5c(-c6ccccc6)c6ccccc6c(-c6ccccc6)c5c4)cc3)cc21.c1ccc(-c2c3ccccc3c(-c3ccccc3)c3cc(-c4c5ccccc5c(-c5cc6ccccc6c6ccccc56)c5ccccc45)ccc23)cc1. The average Bonchev–Trinajstić information content (AvgIpc) is 1.19. The maximum atomic E-state index is 2.47. The molecule has 101 heavy (non-hydrogen) atoms. The Bertz CT molecular complexity index is 6420. The van der Waals surface area contributed by atoms with Gasteiger partial charge in [0.15, 0.2) is 0 Å². The predicted octanol–water partition coefficient (Wildman–Crippen LogP) is 28.2. The lowest BCUT2D eigenvalue weighted by Gasteiger charge is -2.22. The fourth-order valence-corrected chi connectivity index (χ4v) is 17.1. The molecule has 1 aliphatic rings. The van der Waals surface area contributed by atoms with E-state index in [1.54, 1.807) is 0 Å². The standard InChI is InChI=1S/C54H34.C47H34/c1-3-17-35(18-4-1)51-42-25-11-12-26-43(42)52(36-19-5-2-6-20-36)50-34-38(31-32-48(50)51)53-44-27-13-15-29-46(44)54(47-30-16-14-28-45(47)53)49-33-37-21-7-8-22-39(37)40-23-9-10-24-41(40)49;1-47(2)43-20-12-11-17-37(43)38-27-25-36(30-44(38)47)32-23-21-31(22-24-32)35-26-28-41-42(29-35)46(34-15-7-4-8-16-34)40-19-10-9-18-39(40)45(41)33-13-5-3-6-14-33/h1-34H;3-30H,1-2H3. The van der Waals surface area contributed by atoms with Crippen LogP contribution in [0.2, 0.25) is 0 Å². The molecule has 0 nitrogen and oxygen atoms in total. The molecular weight excluding hydrogens is 1210 g/mol. The molecule has 472 valence electrons. The van der Waals surface area contributed by atoms with Gasteiger partial charge >= 0.3 is 0 Å². The first-order valence-electron chi connectivity index (χ1n) is 35.3. The van der Waals surface area contributed by atoms with E-state index in [0.717, 1.165) is 0 Å². The lowest BCUT2D eigenvalue weighted by atomic mass is 9.81. The van der Waals surface area contributed by atoms with Gasteiger partial charge in [0, 0.05) is 5.41 Å². The van der Waals surface area contributed by atoms with Gasteiger partial charge in [0.1, 0.15) is 0 Å². The minimum absolute atomic E-state index is 0.00773. The zero-order chi connectivity index (χ0) is 67.1. The second kappa shape index (κ2) is 24.4.